The smallest absolute Gasteiger partial charge is 0.262 e. The number of aromatic nitrogens is 2. The standard InChI is InChI=1S/C29H29FN4O3/c1-37-21-10-7-18(8-11-21)17-34-14-13-25-27(29(34)36)24(31)16-26(33-25)22-12-9-20(15-23(22)30)32-28(35)19-5-3-2-4-6-19/h7-16,19H,2-6,17H2,1H3,(H2,31,33)(H,32,35). The molecule has 3 N–H and O–H groups in total. The van der Waals surface area contributed by atoms with E-state index in [1.807, 2.05) is 24.3 Å². The first kappa shape index (κ1) is 24.5. The molecule has 1 saturated carbocycles. The molecule has 0 aliphatic heterocycles. The molecule has 7 nitrogen and oxygen atoms in total. The van der Waals surface area contributed by atoms with E-state index >= 15 is 4.39 Å². The van der Waals surface area contributed by atoms with Crippen LogP contribution in [-0.2, 0) is 11.3 Å². The van der Waals surface area contributed by atoms with Crippen molar-refractivity contribution >= 4 is 28.2 Å². The summed E-state index contributed by atoms with van der Waals surface area (Å²) >= 11 is 0. The number of halogens is 1. The molecule has 0 radical (unpaired) electrons. The minimum absolute atomic E-state index is 0.0211. The SMILES string of the molecule is COc1ccc(Cn2ccc3nc(-c4ccc(NC(=O)C5CCCCC5)cc4F)cc(N)c3c2=O)cc1. The molecule has 0 spiro atoms. The van der Waals surface area contributed by atoms with Crippen molar-refractivity contribution < 1.29 is 13.9 Å². The van der Waals surface area contributed by atoms with Gasteiger partial charge in [-0.2, -0.15) is 0 Å². The van der Waals surface area contributed by atoms with Crippen LogP contribution in [0.1, 0.15) is 37.7 Å². The van der Waals surface area contributed by atoms with E-state index in [4.69, 9.17) is 10.5 Å². The molecule has 0 bridgehead atoms. The molecule has 2 aromatic carbocycles. The maximum Gasteiger partial charge on any atom is 0.262 e. The topological polar surface area (TPSA) is 99.2 Å². The summed E-state index contributed by atoms with van der Waals surface area (Å²) in [6.07, 6.45) is 6.65. The Morgan fingerprint density at radius 1 is 1.11 bits per heavy atom. The van der Waals surface area contributed by atoms with Crippen molar-refractivity contribution in [2.45, 2.75) is 38.6 Å². The zero-order valence-electron chi connectivity index (χ0n) is 20.7. The maximum absolute atomic E-state index is 15.1. The van der Waals surface area contributed by atoms with E-state index in [-0.39, 0.29) is 34.0 Å². The van der Waals surface area contributed by atoms with Crippen molar-refractivity contribution in [3.8, 4) is 17.0 Å². The number of nitrogens with zero attached hydrogens (tertiary/aromatic N) is 2. The fourth-order valence-electron chi connectivity index (χ4n) is 4.91. The number of carbonyl (C=O) groups excluding carboxylic acids is 1. The van der Waals surface area contributed by atoms with Gasteiger partial charge >= 0.3 is 0 Å². The van der Waals surface area contributed by atoms with Crippen molar-refractivity contribution in [1.82, 2.24) is 9.55 Å². The average molecular weight is 501 g/mol. The van der Waals surface area contributed by atoms with Crippen LogP contribution in [0.4, 0.5) is 15.8 Å². The van der Waals surface area contributed by atoms with Crippen LogP contribution in [0, 0.1) is 11.7 Å². The summed E-state index contributed by atoms with van der Waals surface area (Å²) in [6, 6.07) is 15.2. The number of amides is 1. The van der Waals surface area contributed by atoms with Crippen LogP contribution in [0.3, 0.4) is 0 Å². The van der Waals surface area contributed by atoms with Crippen LogP contribution in [0.2, 0.25) is 0 Å². The first-order chi connectivity index (χ1) is 17.9. The Morgan fingerprint density at radius 3 is 2.57 bits per heavy atom. The number of ether oxygens (including phenoxy) is 1. The molecular weight excluding hydrogens is 471 g/mol. The highest BCUT2D eigenvalue weighted by Crippen LogP contribution is 2.29. The third-order valence-electron chi connectivity index (χ3n) is 6.97. The van der Waals surface area contributed by atoms with Gasteiger partial charge in [-0.15, -0.1) is 0 Å². The number of methoxy groups -OCH3 is 1. The van der Waals surface area contributed by atoms with Crippen LogP contribution in [0.25, 0.3) is 22.2 Å². The lowest BCUT2D eigenvalue weighted by atomic mass is 9.88. The van der Waals surface area contributed by atoms with E-state index in [9.17, 15) is 9.59 Å². The van der Waals surface area contributed by atoms with Gasteiger partial charge in [0, 0.05) is 29.1 Å². The van der Waals surface area contributed by atoms with Crippen molar-refractivity contribution in [2.75, 3.05) is 18.2 Å². The lowest BCUT2D eigenvalue weighted by Gasteiger charge is -2.20. The summed E-state index contributed by atoms with van der Waals surface area (Å²) in [5.41, 5.74) is 8.52. The summed E-state index contributed by atoms with van der Waals surface area (Å²) in [7, 11) is 1.60. The van der Waals surface area contributed by atoms with Crippen LogP contribution < -0.4 is 21.3 Å². The molecule has 1 aliphatic rings. The van der Waals surface area contributed by atoms with Gasteiger partial charge < -0.3 is 20.4 Å². The number of hydrogen-bond acceptors (Lipinski definition) is 5. The quantitative estimate of drug-likeness (QED) is 0.371. The first-order valence-electron chi connectivity index (χ1n) is 12.5. The van der Waals surface area contributed by atoms with Crippen LogP contribution in [0.5, 0.6) is 5.75 Å². The Balaban J connectivity index is 1.40. The largest absolute Gasteiger partial charge is 0.497 e. The number of benzene rings is 2. The number of nitrogens with two attached hydrogens (primary N) is 1. The predicted octanol–water partition coefficient (Wildman–Crippen LogP) is 5.36. The number of anilines is 2. The average Bonchev–Trinajstić information content (AvgIpc) is 2.91. The second-order valence-corrected chi connectivity index (χ2v) is 9.47. The zero-order chi connectivity index (χ0) is 25.9. The minimum atomic E-state index is -0.527. The van der Waals surface area contributed by atoms with Crippen molar-refractivity contribution in [3.63, 3.8) is 0 Å². The molecule has 37 heavy (non-hydrogen) atoms. The fourth-order valence-corrected chi connectivity index (χ4v) is 4.91. The Labute approximate surface area is 214 Å². The third-order valence-corrected chi connectivity index (χ3v) is 6.97. The Morgan fingerprint density at radius 2 is 1.86 bits per heavy atom. The summed E-state index contributed by atoms with van der Waals surface area (Å²) in [4.78, 5) is 30.2. The van der Waals surface area contributed by atoms with E-state index in [1.54, 1.807) is 36.1 Å². The van der Waals surface area contributed by atoms with E-state index < -0.39 is 5.82 Å². The molecule has 0 saturated heterocycles. The van der Waals surface area contributed by atoms with Gasteiger partial charge in [0.1, 0.15) is 11.6 Å². The zero-order valence-corrected chi connectivity index (χ0v) is 20.7. The normalized spacial score (nSPS) is 14.0. The molecule has 0 unspecified atom stereocenters. The van der Waals surface area contributed by atoms with Gasteiger partial charge in [0.2, 0.25) is 5.91 Å². The molecule has 4 aromatic rings. The number of hydrogen-bond donors (Lipinski definition) is 2. The molecule has 1 aliphatic carbocycles. The summed E-state index contributed by atoms with van der Waals surface area (Å²) < 4.78 is 21.8. The van der Waals surface area contributed by atoms with E-state index in [2.05, 4.69) is 10.3 Å². The molecule has 0 atom stereocenters. The van der Waals surface area contributed by atoms with Crippen LogP contribution >= 0.6 is 0 Å². The molecule has 2 aromatic heterocycles. The van der Waals surface area contributed by atoms with Crippen LogP contribution in [0.15, 0.2) is 65.6 Å². The first-order valence-corrected chi connectivity index (χ1v) is 12.5. The predicted molar refractivity (Wildman–Crippen MR) is 143 cm³/mol. The van der Waals surface area contributed by atoms with Gasteiger partial charge in [0.25, 0.3) is 5.56 Å². The number of nitrogens with one attached hydrogen (secondary N) is 1. The lowest BCUT2D eigenvalue weighted by molar-refractivity contribution is -0.120. The molecule has 2 heterocycles. The van der Waals surface area contributed by atoms with Gasteiger partial charge in [0.15, 0.2) is 0 Å². The van der Waals surface area contributed by atoms with E-state index in [0.717, 1.165) is 43.4 Å². The second kappa shape index (κ2) is 10.4. The highest BCUT2D eigenvalue weighted by Gasteiger charge is 2.21. The van der Waals surface area contributed by atoms with E-state index in [0.29, 0.717) is 23.4 Å². The lowest BCUT2D eigenvalue weighted by Crippen LogP contribution is -2.24. The van der Waals surface area contributed by atoms with Gasteiger partial charge in [-0.05, 0) is 60.9 Å². The van der Waals surface area contributed by atoms with Gasteiger partial charge in [-0.25, -0.2) is 9.37 Å². The molecule has 190 valence electrons. The highest BCUT2D eigenvalue weighted by molar-refractivity contribution is 5.94. The molecular formula is C29H29FN4O3. The molecule has 5 rings (SSSR count). The number of rotatable bonds is 6. The fraction of sp³-hybridized carbons (Fsp3) is 0.276. The van der Waals surface area contributed by atoms with Crippen molar-refractivity contribution in [1.29, 1.82) is 0 Å². The number of nitrogen functional groups attached to an aromatic ring is 1. The van der Waals surface area contributed by atoms with Crippen molar-refractivity contribution in [3.05, 3.63) is 82.5 Å². The number of fused-ring (bicyclic) bond motifs is 1. The Bertz CT molecular complexity index is 1510. The molecule has 1 fully saturated rings. The minimum Gasteiger partial charge on any atom is -0.497 e. The van der Waals surface area contributed by atoms with Gasteiger partial charge in [-0.1, -0.05) is 31.4 Å². The number of pyridine rings is 2. The van der Waals surface area contributed by atoms with Crippen molar-refractivity contribution in [2.24, 2.45) is 5.92 Å². The highest BCUT2D eigenvalue weighted by atomic mass is 19.1. The number of carbonyl (C=O) groups is 1. The van der Waals surface area contributed by atoms with Gasteiger partial charge in [-0.3, -0.25) is 9.59 Å². The third kappa shape index (κ3) is 5.18. The summed E-state index contributed by atoms with van der Waals surface area (Å²) in [5.74, 6) is 0.126. The van der Waals surface area contributed by atoms with Gasteiger partial charge in [0.05, 0.1) is 30.3 Å². The maximum atomic E-state index is 15.1. The molecule has 1 amide bonds. The van der Waals surface area contributed by atoms with E-state index in [1.165, 1.54) is 12.1 Å². The Kier molecular flexibility index (Phi) is 6.90. The summed E-state index contributed by atoms with van der Waals surface area (Å²) in [5, 5.41) is 3.13. The Hall–Kier alpha value is -4.20. The molecule has 8 heteroatoms. The second-order valence-electron chi connectivity index (χ2n) is 9.47. The monoisotopic (exact) mass is 500 g/mol. The summed E-state index contributed by atoms with van der Waals surface area (Å²) in [6.45, 7) is 0.364. The van der Waals surface area contributed by atoms with Crippen LogP contribution in [-0.4, -0.2) is 22.6 Å².